The zero-order valence-electron chi connectivity index (χ0n) is 5.58. The number of amides is 2. The molecule has 3 N–H and O–H groups in total. The zero-order chi connectivity index (χ0) is 7.61. The first-order chi connectivity index (χ1) is 4.75. The number of nitrogens with zero attached hydrogens (tertiary/aromatic N) is 1. The number of rotatable bonds is 2. The summed E-state index contributed by atoms with van der Waals surface area (Å²) >= 11 is 0. The van der Waals surface area contributed by atoms with Gasteiger partial charge in [-0.1, -0.05) is 0 Å². The molecule has 5 heteroatoms. The lowest BCUT2D eigenvalue weighted by Gasteiger charge is -2.23. The molecule has 0 saturated carbocycles. The molecular weight excluding hydrogens is 136 g/mol. The third kappa shape index (κ3) is 0.880. The summed E-state index contributed by atoms with van der Waals surface area (Å²) in [4.78, 5) is 10.9. The van der Waals surface area contributed by atoms with Gasteiger partial charge in [-0.15, -0.1) is 0 Å². The lowest BCUT2D eigenvalue weighted by molar-refractivity contribution is -0.879. The molecule has 1 aliphatic heterocycles. The van der Waals surface area contributed by atoms with Crippen LogP contribution in [0.1, 0.15) is 0 Å². The first-order valence-corrected chi connectivity index (χ1v) is 3.11. The molecule has 2 amide bonds. The van der Waals surface area contributed by atoms with Gasteiger partial charge < -0.3 is 10.2 Å². The summed E-state index contributed by atoms with van der Waals surface area (Å²) < 4.78 is -0.264. The van der Waals surface area contributed by atoms with Crippen molar-refractivity contribution >= 4 is 6.03 Å². The maximum absolute atomic E-state index is 10.9. The second kappa shape index (κ2) is 2.53. The number of nitrogens with one attached hydrogen (secondary N) is 1. The highest BCUT2D eigenvalue weighted by Gasteiger charge is 2.40. The summed E-state index contributed by atoms with van der Waals surface area (Å²) in [6, 6.07) is -0.301. The van der Waals surface area contributed by atoms with Crippen molar-refractivity contribution in [2.75, 3.05) is 26.6 Å². The molecule has 0 atom stereocenters. The summed E-state index contributed by atoms with van der Waals surface area (Å²) in [5.41, 5.74) is 0. The van der Waals surface area contributed by atoms with Gasteiger partial charge in [0.1, 0.15) is 6.54 Å². The highest BCUT2D eigenvalue weighted by atomic mass is 16.3. The van der Waals surface area contributed by atoms with Crippen LogP contribution in [0.25, 0.3) is 0 Å². The highest BCUT2D eigenvalue weighted by molar-refractivity contribution is 5.68. The third-order valence-electron chi connectivity index (χ3n) is 1.79. The number of hydrogen-bond donors (Lipinski definition) is 3. The molecule has 0 bridgehead atoms. The van der Waals surface area contributed by atoms with Gasteiger partial charge in [-0.3, -0.25) is 5.32 Å². The van der Waals surface area contributed by atoms with Crippen molar-refractivity contribution in [2.24, 2.45) is 0 Å². The Morgan fingerprint density at radius 1 is 1.50 bits per heavy atom. The maximum Gasteiger partial charge on any atom is 0.420 e. The van der Waals surface area contributed by atoms with Gasteiger partial charge in [0.15, 0.2) is 13.5 Å². The molecule has 0 spiro atoms. The van der Waals surface area contributed by atoms with E-state index in [4.69, 9.17) is 10.2 Å². The fourth-order valence-corrected chi connectivity index (χ4v) is 0.961. The van der Waals surface area contributed by atoms with Crippen molar-refractivity contribution < 1.29 is 19.5 Å². The topological polar surface area (TPSA) is 69.6 Å². The summed E-state index contributed by atoms with van der Waals surface area (Å²) in [5.74, 6) is 0. The Bertz CT molecular complexity index is 144. The Hall–Kier alpha value is -0.650. The van der Waals surface area contributed by atoms with E-state index in [9.17, 15) is 4.79 Å². The summed E-state index contributed by atoms with van der Waals surface area (Å²) in [5, 5.41) is 20.0. The molecule has 1 heterocycles. The number of aliphatic hydroxyl groups is 2. The minimum absolute atomic E-state index is 0.264. The third-order valence-corrected chi connectivity index (χ3v) is 1.79. The Morgan fingerprint density at radius 3 is 2.30 bits per heavy atom. The number of hydrogen-bond acceptors (Lipinski definition) is 3. The molecule has 0 aromatic rings. The average Bonchev–Trinajstić information content (AvgIpc) is 2.32. The van der Waals surface area contributed by atoms with E-state index in [1.807, 2.05) is 0 Å². The summed E-state index contributed by atoms with van der Waals surface area (Å²) in [6.45, 7) is 0.330. The minimum Gasteiger partial charge on any atom is -0.347 e. The first kappa shape index (κ1) is 7.46. The average molecular weight is 147 g/mol. The number of carbonyl (C=O) groups is 1. The van der Waals surface area contributed by atoms with Gasteiger partial charge in [-0.25, -0.2) is 4.79 Å². The Morgan fingerprint density at radius 2 is 2.10 bits per heavy atom. The lowest BCUT2D eigenvalue weighted by Crippen LogP contribution is -2.51. The van der Waals surface area contributed by atoms with Crippen molar-refractivity contribution in [3.05, 3.63) is 0 Å². The van der Waals surface area contributed by atoms with E-state index in [1.165, 1.54) is 0 Å². The van der Waals surface area contributed by atoms with Crippen LogP contribution in [0.15, 0.2) is 0 Å². The van der Waals surface area contributed by atoms with E-state index in [0.717, 1.165) is 0 Å². The van der Waals surface area contributed by atoms with Crippen molar-refractivity contribution in [2.45, 2.75) is 0 Å². The minimum atomic E-state index is -0.331. The van der Waals surface area contributed by atoms with Crippen LogP contribution in [0.2, 0.25) is 0 Å². The number of urea groups is 1. The zero-order valence-corrected chi connectivity index (χ0v) is 5.58. The van der Waals surface area contributed by atoms with Crippen molar-refractivity contribution in [1.29, 1.82) is 0 Å². The van der Waals surface area contributed by atoms with Crippen LogP contribution in [-0.4, -0.2) is 47.3 Å². The standard InChI is InChI=1S/C5H10N2O3/c8-3-7(4-9)2-1-6-5(7)10/h8-9H,1-4H2/p+1. The van der Waals surface area contributed by atoms with E-state index >= 15 is 0 Å². The van der Waals surface area contributed by atoms with E-state index in [1.54, 1.807) is 0 Å². The lowest BCUT2D eigenvalue weighted by atomic mass is 10.5. The van der Waals surface area contributed by atoms with Gasteiger partial charge >= 0.3 is 6.03 Å². The SMILES string of the molecule is O=C1NCC[N+]1(CO)CO. The second-order valence-electron chi connectivity index (χ2n) is 2.38. The summed E-state index contributed by atoms with van der Waals surface area (Å²) in [7, 11) is 0. The quantitative estimate of drug-likeness (QED) is 0.413. The van der Waals surface area contributed by atoms with Crippen molar-refractivity contribution in [3.8, 4) is 0 Å². The van der Waals surface area contributed by atoms with Gasteiger partial charge in [0.25, 0.3) is 0 Å². The molecule has 1 aliphatic rings. The fraction of sp³-hybridized carbons (Fsp3) is 0.800. The van der Waals surface area contributed by atoms with E-state index < -0.39 is 0 Å². The van der Waals surface area contributed by atoms with Crippen LogP contribution < -0.4 is 5.32 Å². The molecule has 1 rings (SSSR count). The Balaban J connectivity index is 2.71. The van der Waals surface area contributed by atoms with Crippen LogP contribution in [-0.2, 0) is 0 Å². The van der Waals surface area contributed by atoms with Crippen LogP contribution in [0.5, 0.6) is 0 Å². The fourth-order valence-electron chi connectivity index (χ4n) is 0.961. The van der Waals surface area contributed by atoms with E-state index in [2.05, 4.69) is 5.32 Å². The molecule has 1 fully saturated rings. The molecule has 58 valence electrons. The molecule has 1 saturated heterocycles. The van der Waals surface area contributed by atoms with Crippen LogP contribution >= 0.6 is 0 Å². The second-order valence-corrected chi connectivity index (χ2v) is 2.38. The molecule has 0 aromatic heterocycles. The molecule has 0 aromatic carbocycles. The van der Waals surface area contributed by atoms with Gasteiger partial charge in [0.2, 0.25) is 0 Å². The monoisotopic (exact) mass is 147 g/mol. The van der Waals surface area contributed by atoms with Crippen LogP contribution in [0.4, 0.5) is 4.79 Å². The van der Waals surface area contributed by atoms with E-state index in [0.29, 0.717) is 13.1 Å². The summed E-state index contributed by atoms with van der Waals surface area (Å²) in [6.07, 6.45) is 0. The smallest absolute Gasteiger partial charge is 0.347 e. The molecule has 0 unspecified atom stereocenters. The highest BCUT2D eigenvalue weighted by Crippen LogP contribution is 2.08. The predicted molar refractivity (Wildman–Crippen MR) is 32.7 cm³/mol. The molecular formula is C5H11N2O3+. The predicted octanol–water partition coefficient (Wildman–Crippen LogP) is -1.57. The van der Waals surface area contributed by atoms with Gasteiger partial charge in [0.05, 0.1) is 6.54 Å². The number of quaternary nitrogens is 1. The molecule has 10 heavy (non-hydrogen) atoms. The Labute approximate surface area is 58.5 Å². The molecule has 0 radical (unpaired) electrons. The van der Waals surface area contributed by atoms with Crippen molar-refractivity contribution in [1.82, 2.24) is 5.32 Å². The largest absolute Gasteiger partial charge is 0.420 e. The molecule has 5 nitrogen and oxygen atoms in total. The number of aliphatic hydroxyl groups excluding tert-OH is 2. The van der Waals surface area contributed by atoms with Crippen molar-refractivity contribution in [3.63, 3.8) is 0 Å². The van der Waals surface area contributed by atoms with Gasteiger partial charge in [-0.2, -0.15) is 4.48 Å². The van der Waals surface area contributed by atoms with Gasteiger partial charge in [0, 0.05) is 0 Å². The normalized spacial score (nSPS) is 22.8. The van der Waals surface area contributed by atoms with Crippen LogP contribution in [0, 0.1) is 0 Å². The maximum atomic E-state index is 10.9. The van der Waals surface area contributed by atoms with Gasteiger partial charge in [-0.05, 0) is 0 Å². The van der Waals surface area contributed by atoms with E-state index in [-0.39, 0.29) is 24.0 Å². The number of carbonyl (C=O) groups excluding carboxylic acids is 1. The Kier molecular flexibility index (Phi) is 1.89. The van der Waals surface area contributed by atoms with Crippen LogP contribution in [0.3, 0.4) is 0 Å². The molecule has 0 aliphatic carbocycles. The first-order valence-electron chi connectivity index (χ1n) is 3.11.